The third kappa shape index (κ3) is 3.37. The molecule has 0 spiro atoms. The molecule has 3 rings (SSSR count). The van der Waals surface area contributed by atoms with E-state index in [4.69, 9.17) is 21.1 Å². The maximum absolute atomic E-state index is 12.5. The molecule has 2 aliphatic rings. The van der Waals surface area contributed by atoms with Crippen LogP contribution < -0.4 is 5.32 Å². The average Bonchev–Trinajstić information content (AvgIpc) is 2.55. The van der Waals surface area contributed by atoms with Crippen molar-refractivity contribution < 1.29 is 14.3 Å². The summed E-state index contributed by atoms with van der Waals surface area (Å²) in [7, 11) is 0. The van der Waals surface area contributed by atoms with Gasteiger partial charge < -0.3 is 19.7 Å². The van der Waals surface area contributed by atoms with Crippen molar-refractivity contribution in [2.45, 2.75) is 12.1 Å². The second-order valence-electron chi connectivity index (χ2n) is 5.25. The van der Waals surface area contributed by atoms with Crippen molar-refractivity contribution in [2.24, 2.45) is 0 Å². The van der Waals surface area contributed by atoms with E-state index in [2.05, 4.69) is 5.32 Å². The van der Waals surface area contributed by atoms with Gasteiger partial charge in [0.2, 0.25) is 5.91 Å². The molecule has 1 N–H and O–H groups in total. The second kappa shape index (κ2) is 6.75. The predicted octanol–water partition coefficient (Wildman–Crippen LogP) is 1.23. The molecule has 2 saturated heterocycles. The van der Waals surface area contributed by atoms with Gasteiger partial charge in [-0.15, -0.1) is 0 Å². The number of morpholine rings is 2. The number of halogens is 1. The molecule has 0 radical (unpaired) electrons. The van der Waals surface area contributed by atoms with Crippen molar-refractivity contribution in [1.82, 2.24) is 10.2 Å². The van der Waals surface area contributed by atoms with Gasteiger partial charge in [0, 0.05) is 23.7 Å². The Morgan fingerprint density at radius 3 is 2.95 bits per heavy atom. The summed E-state index contributed by atoms with van der Waals surface area (Å²) in [5.74, 6) is 0.0788. The summed E-state index contributed by atoms with van der Waals surface area (Å²) in [6, 6.07) is 7.37. The van der Waals surface area contributed by atoms with E-state index in [-0.39, 0.29) is 18.1 Å². The van der Waals surface area contributed by atoms with Gasteiger partial charge in [-0.25, -0.2) is 0 Å². The highest BCUT2D eigenvalue weighted by Gasteiger charge is 2.31. The topological polar surface area (TPSA) is 50.8 Å². The number of carbonyl (C=O) groups is 1. The van der Waals surface area contributed by atoms with Crippen LogP contribution in [0.4, 0.5) is 0 Å². The molecule has 0 aliphatic carbocycles. The lowest BCUT2D eigenvalue weighted by Crippen LogP contribution is -2.55. The standard InChI is InChI=1S/C15H19ClN2O3/c16-12-4-2-1-3-11(12)14-9-18(6-8-21-14)15(19)13-10-20-7-5-17-13/h1-4,13-14,17H,5-10H2. The zero-order valence-corrected chi connectivity index (χ0v) is 12.5. The Morgan fingerprint density at radius 1 is 1.33 bits per heavy atom. The highest BCUT2D eigenvalue weighted by Crippen LogP contribution is 2.28. The maximum atomic E-state index is 12.5. The zero-order chi connectivity index (χ0) is 14.7. The summed E-state index contributed by atoms with van der Waals surface area (Å²) in [6.45, 7) is 3.48. The van der Waals surface area contributed by atoms with E-state index in [1.807, 2.05) is 29.2 Å². The van der Waals surface area contributed by atoms with Crippen molar-refractivity contribution in [3.05, 3.63) is 34.9 Å². The fourth-order valence-corrected chi connectivity index (χ4v) is 2.98. The third-order valence-corrected chi connectivity index (χ3v) is 4.19. The highest BCUT2D eigenvalue weighted by molar-refractivity contribution is 6.31. The first-order chi connectivity index (χ1) is 10.3. The minimum absolute atomic E-state index is 0.0788. The lowest BCUT2D eigenvalue weighted by Gasteiger charge is -2.36. The molecule has 114 valence electrons. The van der Waals surface area contributed by atoms with Crippen molar-refractivity contribution in [3.8, 4) is 0 Å². The van der Waals surface area contributed by atoms with Crippen LogP contribution in [0.3, 0.4) is 0 Å². The summed E-state index contributed by atoms with van der Waals surface area (Å²) in [5, 5.41) is 3.88. The summed E-state index contributed by atoms with van der Waals surface area (Å²) in [4.78, 5) is 14.3. The Morgan fingerprint density at radius 2 is 2.19 bits per heavy atom. The molecule has 2 aliphatic heterocycles. The van der Waals surface area contributed by atoms with Gasteiger partial charge in [-0.3, -0.25) is 4.79 Å². The molecule has 2 heterocycles. The molecule has 2 fully saturated rings. The Labute approximate surface area is 129 Å². The van der Waals surface area contributed by atoms with Gasteiger partial charge >= 0.3 is 0 Å². The summed E-state index contributed by atoms with van der Waals surface area (Å²) >= 11 is 6.22. The molecule has 1 aromatic carbocycles. The van der Waals surface area contributed by atoms with Crippen LogP contribution >= 0.6 is 11.6 Å². The van der Waals surface area contributed by atoms with Crippen LogP contribution in [0.1, 0.15) is 11.7 Å². The van der Waals surface area contributed by atoms with E-state index in [1.165, 1.54) is 0 Å². The number of hydrogen-bond acceptors (Lipinski definition) is 4. The Bertz CT molecular complexity index is 505. The molecule has 21 heavy (non-hydrogen) atoms. The van der Waals surface area contributed by atoms with Gasteiger partial charge in [0.25, 0.3) is 0 Å². The smallest absolute Gasteiger partial charge is 0.242 e. The SMILES string of the molecule is O=C(C1COCCN1)N1CCOC(c2ccccc2Cl)C1. The van der Waals surface area contributed by atoms with Crippen LogP contribution in [-0.4, -0.2) is 56.3 Å². The lowest BCUT2D eigenvalue weighted by molar-refractivity contribution is -0.144. The van der Waals surface area contributed by atoms with Crippen molar-refractivity contribution >= 4 is 17.5 Å². The average molecular weight is 311 g/mol. The van der Waals surface area contributed by atoms with Crippen LogP contribution in [0.2, 0.25) is 5.02 Å². The van der Waals surface area contributed by atoms with Crippen molar-refractivity contribution in [1.29, 1.82) is 0 Å². The highest BCUT2D eigenvalue weighted by atomic mass is 35.5. The molecular formula is C15H19ClN2O3. The lowest BCUT2D eigenvalue weighted by atomic mass is 10.1. The first-order valence-corrected chi connectivity index (χ1v) is 7.59. The normalized spacial score (nSPS) is 26.6. The third-order valence-electron chi connectivity index (χ3n) is 3.85. The van der Waals surface area contributed by atoms with Gasteiger partial charge in [-0.05, 0) is 6.07 Å². The van der Waals surface area contributed by atoms with Gasteiger partial charge in [0.1, 0.15) is 12.1 Å². The number of carbonyl (C=O) groups excluding carboxylic acids is 1. The maximum Gasteiger partial charge on any atom is 0.242 e. The van der Waals surface area contributed by atoms with Gasteiger partial charge in [-0.2, -0.15) is 0 Å². The van der Waals surface area contributed by atoms with Gasteiger partial charge in [0.05, 0.1) is 26.4 Å². The summed E-state index contributed by atoms with van der Waals surface area (Å²) in [5.41, 5.74) is 0.935. The first-order valence-electron chi connectivity index (χ1n) is 7.21. The van der Waals surface area contributed by atoms with E-state index in [1.54, 1.807) is 0 Å². The molecule has 1 amide bonds. The van der Waals surface area contributed by atoms with Crippen LogP contribution in [0.15, 0.2) is 24.3 Å². The number of rotatable bonds is 2. The van der Waals surface area contributed by atoms with Crippen LogP contribution in [0, 0.1) is 0 Å². The Hall–Kier alpha value is -1.14. The van der Waals surface area contributed by atoms with E-state index < -0.39 is 0 Å². The molecule has 0 bridgehead atoms. The molecule has 2 unspecified atom stereocenters. The molecule has 1 aromatic rings. The summed E-state index contributed by atoms with van der Waals surface area (Å²) < 4.78 is 11.1. The molecule has 2 atom stereocenters. The Balaban J connectivity index is 1.68. The number of amides is 1. The number of nitrogens with zero attached hydrogens (tertiary/aromatic N) is 1. The number of hydrogen-bond donors (Lipinski definition) is 1. The fourth-order valence-electron chi connectivity index (χ4n) is 2.72. The Kier molecular flexibility index (Phi) is 4.75. The number of benzene rings is 1. The largest absolute Gasteiger partial charge is 0.378 e. The number of nitrogens with one attached hydrogen (secondary N) is 1. The van der Waals surface area contributed by atoms with E-state index in [0.717, 1.165) is 5.56 Å². The number of ether oxygens (including phenoxy) is 2. The predicted molar refractivity (Wildman–Crippen MR) is 79.3 cm³/mol. The molecule has 6 heteroatoms. The van der Waals surface area contributed by atoms with E-state index in [0.29, 0.717) is 44.5 Å². The summed E-state index contributed by atoms with van der Waals surface area (Å²) in [6.07, 6.45) is -0.166. The molecular weight excluding hydrogens is 292 g/mol. The van der Waals surface area contributed by atoms with E-state index in [9.17, 15) is 4.79 Å². The minimum Gasteiger partial charge on any atom is -0.378 e. The monoisotopic (exact) mass is 310 g/mol. The minimum atomic E-state index is -0.247. The molecule has 0 aromatic heterocycles. The van der Waals surface area contributed by atoms with Crippen LogP contribution in [-0.2, 0) is 14.3 Å². The van der Waals surface area contributed by atoms with Gasteiger partial charge in [-0.1, -0.05) is 29.8 Å². The van der Waals surface area contributed by atoms with Gasteiger partial charge in [0.15, 0.2) is 0 Å². The quantitative estimate of drug-likeness (QED) is 0.892. The second-order valence-corrected chi connectivity index (χ2v) is 5.65. The fraction of sp³-hybridized carbons (Fsp3) is 0.533. The first kappa shape index (κ1) is 14.8. The molecule has 0 saturated carbocycles. The van der Waals surface area contributed by atoms with Crippen LogP contribution in [0.25, 0.3) is 0 Å². The van der Waals surface area contributed by atoms with Crippen molar-refractivity contribution in [2.75, 3.05) is 39.5 Å². The van der Waals surface area contributed by atoms with E-state index >= 15 is 0 Å². The van der Waals surface area contributed by atoms with Crippen molar-refractivity contribution in [3.63, 3.8) is 0 Å². The zero-order valence-electron chi connectivity index (χ0n) is 11.8. The molecule has 5 nitrogen and oxygen atoms in total. The van der Waals surface area contributed by atoms with Crippen LogP contribution in [0.5, 0.6) is 0 Å².